The van der Waals surface area contributed by atoms with E-state index in [4.69, 9.17) is 14.3 Å². The van der Waals surface area contributed by atoms with Crippen molar-refractivity contribution in [1.29, 1.82) is 0 Å². The number of aliphatic hydroxyl groups is 1. The van der Waals surface area contributed by atoms with Crippen LogP contribution in [-0.4, -0.2) is 41.7 Å². The van der Waals surface area contributed by atoms with Crippen LogP contribution in [0.2, 0.25) is 0 Å². The largest absolute Gasteiger partial charge is 0.496 e. The molecule has 0 bridgehead atoms. The molecule has 3 aromatic rings. The summed E-state index contributed by atoms with van der Waals surface area (Å²) in [5, 5.41) is 9.82. The molecule has 0 aliphatic carbocycles. The molecule has 2 heterocycles. The number of carbonyl (C=O) groups excluding carboxylic acids is 1. The summed E-state index contributed by atoms with van der Waals surface area (Å²) in [6, 6.07) is 6.96. The lowest BCUT2D eigenvalue weighted by atomic mass is 10.1. The lowest BCUT2D eigenvalue weighted by Crippen LogP contribution is -2.25. The van der Waals surface area contributed by atoms with Gasteiger partial charge in [-0.1, -0.05) is 41.5 Å². The Morgan fingerprint density at radius 2 is 1.74 bits per heavy atom. The van der Waals surface area contributed by atoms with Gasteiger partial charge in [0.1, 0.15) is 11.6 Å². The number of amides is 1. The van der Waals surface area contributed by atoms with Gasteiger partial charge >= 0.3 is 0 Å². The van der Waals surface area contributed by atoms with Gasteiger partial charge in [-0.2, -0.15) is 0 Å². The lowest BCUT2D eigenvalue weighted by Gasteiger charge is -2.07. The molecule has 1 amide bonds. The molecule has 0 atom stereocenters. The fraction of sp³-hybridized carbons (Fsp3) is 0.444. The zero-order valence-corrected chi connectivity index (χ0v) is 22.6. The summed E-state index contributed by atoms with van der Waals surface area (Å²) < 4.78 is 23.8. The summed E-state index contributed by atoms with van der Waals surface area (Å²) in [5.41, 5.74) is 2.70. The van der Waals surface area contributed by atoms with Crippen molar-refractivity contribution in [2.75, 3.05) is 20.8 Å². The third-order valence-corrected chi connectivity index (χ3v) is 4.13. The third-order valence-electron chi connectivity index (χ3n) is 4.13. The number of methoxy groups -OCH3 is 1. The number of ether oxygens (including phenoxy) is 1. The highest BCUT2D eigenvalue weighted by Crippen LogP contribution is 2.28. The van der Waals surface area contributed by atoms with Crippen molar-refractivity contribution < 1.29 is 23.4 Å². The minimum Gasteiger partial charge on any atom is -0.496 e. The number of pyridine rings is 1. The van der Waals surface area contributed by atoms with Crippen LogP contribution in [0.15, 0.2) is 47.5 Å². The Morgan fingerprint density at radius 1 is 1.09 bits per heavy atom. The molecular formula is C27H42FN3O4. The summed E-state index contributed by atoms with van der Waals surface area (Å²) in [6.07, 6.45) is 5.31. The molecule has 196 valence electrons. The average Bonchev–Trinajstić information content (AvgIpc) is 3.41. The minimum atomic E-state index is -0.362. The van der Waals surface area contributed by atoms with Crippen LogP contribution in [0.3, 0.4) is 0 Å². The minimum absolute atomic E-state index is 0.229. The van der Waals surface area contributed by atoms with Crippen LogP contribution in [-0.2, 0) is 6.42 Å². The number of aryl methyl sites for hydroxylation is 2. The topological polar surface area (TPSA) is 97.5 Å². The van der Waals surface area contributed by atoms with E-state index in [1.165, 1.54) is 12.5 Å². The van der Waals surface area contributed by atoms with E-state index in [2.05, 4.69) is 15.3 Å². The third kappa shape index (κ3) is 11.6. The molecule has 0 aliphatic rings. The van der Waals surface area contributed by atoms with E-state index in [0.29, 0.717) is 25.1 Å². The molecule has 0 spiro atoms. The second kappa shape index (κ2) is 21.3. The number of oxazole rings is 1. The van der Waals surface area contributed by atoms with Gasteiger partial charge in [-0.05, 0) is 55.2 Å². The molecule has 0 fully saturated rings. The number of carbonyl (C=O) groups is 1. The first kappa shape index (κ1) is 33.9. The molecule has 8 heteroatoms. The van der Waals surface area contributed by atoms with Crippen LogP contribution in [0.25, 0.3) is 11.3 Å². The second-order valence-corrected chi connectivity index (χ2v) is 6.09. The van der Waals surface area contributed by atoms with Crippen LogP contribution in [0.4, 0.5) is 4.39 Å². The van der Waals surface area contributed by atoms with E-state index in [1.54, 1.807) is 13.3 Å². The van der Waals surface area contributed by atoms with E-state index in [-0.39, 0.29) is 17.4 Å². The number of benzene rings is 1. The Balaban J connectivity index is 0. The Kier molecular flexibility index (Phi) is 20.6. The normalized spacial score (nSPS) is 8.89. The summed E-state index contributed by atoms with van der Waals surface area (Å²) in [5.74, 6) is 0.492. The maximum atomic E-state index is 13.1. The molecule has 0 saturated carbocycles. The van der Waals surface area contributed by atoms with Crippen LogP contribution >= 0.6 is 0 Å². The molecule has 2 N–H and O–H groups in total. The Morgan fingerprint density at radius 3 is 2.31 bits per heavy atom. The van der Waals surface area contributed by atoms with Crippen molar-refractivity contribution in [2.45, 2.75) is 61.3 Å². The SMILES string of the molecule is CC.CC.CC.CO.COc1ccc(-c2ocnc2C(=O)NCCCc2cncc(F)c2)cc1C. The van der Waals surface area contributed by atoms with Crippen molar-refractivity contribution in [1.82, 2.24) is 15.3 Å². The van der Waals surface area contributed by atoms with E-state index < -0.39 is 0 Å². The van der Waals surface area contributed by atoms with Gasteiger partial charge in [-0.3, -0.25) is 9.78 Å². The fourth-order valence-electron chi connectivity index (χ4n) is 2.80. The first-order valence-corrected chi connectivity index (χ1v) is 12.0. The van der Waals surface area contributed by atoms with Crippen molar-refractivity contribution in [3.05, 3.63) is 65.7 Å². The predicted molar refractivity (Wildman–Crippen MR) is 140 cm³/mol. The number of hydrogen-bond donors (Lipinski definition) is 2. The van der Waals surface area contributed by atoms with Gasteiger partial charge in [0.15, 0.2) is 17.8 Å². The maximum absolute atomic E-state index is 13.1. The van der Waals surface area contributed by atoms with Gasteiger partial charge < -0.3 is 19.6 Å². The number of hydrogen-bond acceptors (Lipinski definition) is 6. The summed E-state index contributed by atoms with van der Waals surface area (Å²) >= 11 is 0. The molecule has 0 radical (unpaired) electrons. The average molecular weight is 492 g/mol. The van der Waals surface area contributed by atoms with Gasteiger partial charge in [0.25, 0.3) is 5.91 Å². The van der Waals surface area contributed by atoms with Gasteiger partial charge in [-0.15, -0.1) is 0 Å². The molecular weight excluding hydrogens is 449 g/mol. The highest BCUT2D eigenvalue weighted by Gasteiger charge is 2.18. The fourth-order valence-corrected chi connectivity index (χ4v) is 2.80. The van der Waals surface area contributed by atoms with Gasteiger partial charge in [0, 0.05) is 25.4 Å². The van der Waals surface area contributed by atoms with E-state index in [0.717, 1.165) is 35.7 Å². The predicted octanol–water partition coefficient (Wildman–Crippen LogP) is 6.24. The number of nitrogens with one attached hydrogen (secondary N) is 1. The summed E-state index contributed by atoms with van der Waals surface area (Å²) in [4.78, 5) is 20.3. The van der Waals surface area contributed by atoms with Crippen LogP contribution in [0, 0.1) is 12.7 Å². The van der Waals surface area contributed by atoms with Crippen LogP contribution in [0.1, 0.15) is 69.6 Å². The smallest absolute Gasteiger partial charge is 0.273 e. The lowest BCUT2D eigenvalue weighted by molar-refractivity contribution is 0.0949. The highest BCUT2D eigenvalue weighted by molar-refractivity contribution is 5.97. The van der Waals surface area contributed by atoms with Gasteiger partial charge in [0.2, 0.25) is 0 Å². The van der Waals surface area contributed by atoms with Crippen molar-refractivity contribution in [3.63, 3.8) is 0 Å². The van der Waals surface area contributed by atoms with Crippen LogP contribution < -0.4 is 10.1 Å². The maximum Gasteiger partial charge on any atom is 0.273 e. The monoisotopic (exact) mass is 491 g/mol. The van der Waals surface area contributed by atoms with E-state index in [1.807, 2.05) is 66.7 Å². The number of halogens is 1. The highest BCUT2D eigenvalue weighted by atomic mass is 19.1. The first-order valence-electron chi connectivity index (χ1n) is 12.0. The van der Waals surface area contributed by atoms with Crippen molar-refractivity contribution >= 4 is 5.91 Å². The molecule has 3 rings (SSSR count). The standard InChI is InChI=1S/C20H20FN3O3.3C2H6.CH4O/c1-13-8-15(5-6-17(13)26-2)19-18(24-12-27-19)20(25)23-7-3-4-14-9-16(21)11-22-10-14;4*1-2/h5-6,8-12H,3-4,7H2,1-2H3,(H,23,25);3*1-2H3;2H,1H3. The number of nitrogens with zero attached hydrogens (tertiary/aromatic N) is 2. The van der Waals surface area contributed by atoms with Gasteiger partial charge in [-0.25, -0.2) is 9.37 Å². The van der Waals surface area contributed by atoms with Crippen molar-refractivity contribution in [3.8, 4) is 17.1 Å². The molecule has 35 heavy (non-hydrogen) atoms. The molecule has 2 aromatic heterocycles. The molecule has 0 unspecified atom stereocenters. The van der Waals surface area contributed by atoms with E-state index in [9.17, 15) is 9.18 Å². The quantitative estimate of drug-likeness (QED) is 0.380. The zero-order valence-electron chi connectivity index (χ0n) is 22.6. The molecule has 7 nitrogen and oxygen atoms in total. The van der Waals surface area contributed by atoms with Crippen LogP contribution in [0.5, 0.6) is 5.75 Å². The van der Waals surface area contributed by atoms with E-state index >= 15 is 0 Å². The summed E-state index contributed by atoms with van der Waals surface area (Å²) in [7, 11) is 2.61. The number of aromatic nitrogens is 2. The Labute approximate surface area is 209 Å². The second-order valence-electron chi connectivity index (χ2n) is 6.09. The first-order chi connectivity index (χ1) is 17.1. The molecule has 0 aliphatic heterocycles. The van der Waals surface area contributed by atoms with Crippen molar-refractivity contribution in [2.24, 2.45) is 0 Å². The number of aliphatic hydroxyl groups excluding tert-OH is 1. The summed E-state index contributed by atoms with van der Waals surface area (Å²) in [6.45, 7) is 14.4. The van der Waals surface area contributed by atoms with Gasteiger partial charge in [0.05, 0.1) is 13.3 Å². The Hall–Kier alpha value is -3.26. The molecule has 1 aromatic carbocycles. The zero-order chi connectivity index (χ0) is 27.2. The Bertz CT molecular complexity index is 946. The molecule has 0 saturated heterocycles. The number of rotatable bonds is 7.